The highest BCUT2D eigenvalue weighted by molar-refractivity contribution is 6.32. The lowest BCUT2D eigenvalue weighted by Crippen LogP contribution is -2.28. The first kappa shape index (κ1) is 31.5. The Morgan fingerprint density at radius 3 is 2.33 bits per heavy atom. The Hall–Kier alpha value is -3.45. The Morgan fingerprint density at radius 1 is 0.976 bits per heavy atom. The van der Waals surface area contributed by atoms with E-state index in [2.05, 4.69) is 30.8 Å². The van der Waals surface area contributed by atoms with Crippen molar-refractivity contribution in [2.24, 2.45) is 0 Å². The van der Waals surface area contributed by atoms with Gasteiger partial charge in [-0.15, -0.1) is 0 Å². The second-order valence-corrected chi connectivity index (χ2v) is 11.1. The Labute approximate surface area is 256 Å². The fourth-order valence-corrected chi connectivity index (χ4v) is 4.72. The monoisotopic (exact) mass is 613 g/mol. The number of ether oxygens (including phenoxy) is 1. The Kier molecular flexibility index (Phi) is 10.6. The standard InChI is InChI=1S/C29H35Cl2N8O3/c1-37(2)12-10-32-25-9-6-18-14-23(39(41)29(42-5)27(18)36-25)21-17-20(7-8-22(21)30)34-28(40)19-15-24(31)35-26(16-19)33-11-13-38(3)4/h6-9,14-17,29H,10-13H2,1-5H3,(H,32,36)(H,33,35)(H,34,40)/q-1. The van der Waals surface area contributed by atoms with Crippen LogP contribution < -0.4 is 16.0 Å². The van der Waals surface area contributed by atoms with Gasteiger partial charge in [-0.05, 0) is 76.7 Å². The fourth-order valence-electron chi connectivity index (χ4n) is 4.29. The van der Waals surface area contributed by atoms with Crippen LogP contribution in [0.5, 0.6) is 0 Å². The lowest BCUT2D eigenvalue weighted by molar-refractivity contribution is 0.0185. The van der Waals surface area contributed by atoms with Gasteiger partial charge in [0.1, 0.15) is 16.8 Å². The molecular formula is C29H35Cl2N8O3-. The zero-order valence-corrected chi connectivity index (χ0v) is 25.8. The number of nitrogens with one attached hydrogen (secondary N) is 3. The Morgan fingerprint density at radius 2 is 1.67 bits per heavy atom. The summed E-state index contributed by atoms with van der Waals surface area (Å²) in [6.07, 6.45) is 0.734. The zero-order chi connectivity index (χ0) is 30.4. The molecule has 0 saturated heterocycles. The van der Waals surface area contributed by atoms with E-state index in [1.54, 1.807) is 30.3 Å². The average Bonchev–Trinajstić information content (AvgIpc) is 2.93. The van der Waals surface area contributed by atoms with E-state index < -0.39 is 12.1 Å². The van der Waals surface area contributed by atoms with Crippen LogP contribution in [0, 0.1) is 5.21 Å². The molecule has 3 aromatic rings. The molecule has 224 valence electrons. The van der Waals surface area contributed by atoms with Gasteiger partial charge in [-0.25, -0.2) is 9.97 Å². The van der Waals surface area contributed by atoms with Crippen molar-refractivity contribution in [3.05, 3.63) is 80.2 Å². The molecule has 1 unspecified atom stereocenters. The van der Waals surface area contributed by atoms with E-state index in [9.17, 15) is 10.0 Å². The number of hydroxylamine groups is 2. The van der Waals surface area contributed by atoms with Crippen LogP contribution in [0.4, 0.5) is 17.3 Å². The van der Waals surface area contributed by atoms with Gasteiger partial charge < -0.3 is 40.8 Å². The highest BCUT2D eigenvalue weighted by atomic mass is 35.5. The third kappa shape index (κ3) is 7.88. The third-order valence-corrected chi connectivity index (χ3v) is 6.97. The van der Waals surface area contributed by atoms with E-state index >= 15 is 0 Å². The fraction of sp³-hybridized carbons (Fsp3) is 0.345. The van der Waals surface area contributed by atoms with Crippen LogP contribution in [-0.4, -0.2) is 92.2 Å². The van der Waals surface area contributed by atoms with Crippen molar-refractivity contribution in [2.45, 2.75) is 6.23 Å². The largest absolute Gasteiger partial charge is 0.756 e. The van der Waals surface area contributed by atoms with Crippen molar-refractivity contribution in [2.75, 3.05) is 77.4 Å². The maximum atomic E-state index is 13.5. The first-order chi connectivity index (χ1) is 20.0. The van der Waals surface area contributed by atoms with E-state index in [0.29, 0.717) is 52.3 Å². The van der Waals surface area contributed by atoms with E-state index in [4.69, 9.17) is 27.9 Å². The summed E-state index contributed by atoms with van der Waals surface area (Å²) in [6.45, 7) is 2.96. The van der Waals surface area contributed by atoms with Crippen molar-refractivity contribution >= 4 is 58.2 Å². The first-order valence-electron chi connectivity index (χ1n) is 13.3. The van der Waals surface area contributed by atoms with Gasteiger partial charge in [0.15, 0.2) is 6.23 Å². The summed E-state index contributed by atoms with van der Waals surface area (Å²) < 4.78 is 5.57. The maximum Gasteiger partial charge on any atom is 0.255 e. The highest BCUT2D eigenvalue weighted by Crippen LogP contribution is 2.40. The summed E-state index contributed by atoms with van der Waals surface area (Å²) in [5.74, 6) is 0.756. The number of likely N-dealkylation sites (N-methyl/N-ethyl adjacent to an activating group) is 2. The van der Waals surface area contributed by atoms with E-state index in [0.717, 1.165) is 23.7 Å². The minimum atomic E-state index is -0.984. The highest BCUT2D eigenvalue weighted by Gasteiger charge is 2.27. The topological polar surface area (TPSA) is 121 Å². The average molecular weight is 615 g/mol. The van der Waals surface area contributed by atoms with E-state index in [1.165, 1.54) is 13.2 Å². The van der Waals surface area contributed by atoms with Gasteiger partial charge in [0.2, 0.25) is 0 Å². The van der Waals surface area contributed by atoms with Gasteiger partial charge in [0, 0.05) is 66.4 Å². The number of carbonyl (C=O) groups excluding carboxylic acids is 1. The number of hydrogen-bond acceptors (Lipinski definition) is 10. The van der Waals surface area contributed by atoms with Crippen molar-refractivity contribution in [1.82, 2.24) is 24.8 Å². The number of amides is 1. The second-order valence-electron chi connectivity index (χ2n) is 10.3. The molecule has 0 saturated carbocycles. The molecule has 0 fully saturated rings. The smallest absolute Gasteiger partial charge is 0.255 e. The molecule has 42 heavy (non-hydrogen) atoms. The van der Waals surface area contributed by atoms with Crippen LogP contribution in [0.2, 0.25) is 10.2 Å². The molecule has 0 bridgehead atoms. The molecular weight excluding hydrogens is 579 g/mol. The molecule has 3 N–H and O–H groups in total. The number of halogens is 2. The number of hydrogen-bond donors (Lipinski definition) is 3. The molecule has 2 aromatic heterocycles. The number of nitrogens with zero attached hydrogens (tertiary/aromatic N) is 5. The molecule has 1 aliphatic rings. The van der Waals surface area contributed by atoms with Crippen molar-refractivity contribution in [3.63, 3.8) is 0 Å². The molecule has 4 rings (SSSR count). The second kappa shape index (κ2) is 14.1. The number of rotatable bonds is 12. The first-order valence-corrected chi connectivity index (χ1v) is 14.1. The Balaban J connectivity index is 1.57. The number of aromatic nitrogens is 2. The van der Waals surface area contributed by atoms with Gasteiger partial charge in [0.05, 0.1) is 5.69 Å². The Bertz CT molecular complexity index is 1450. The molecule has 11 nitrogen and oxygen atoms in total. The maximum absolute atomic E-state index is 13.5. The molecule has 1 aliphatic heterocycles. The van der Waals surface area contributed by atoms with Crippen LogP contribution in [-0.2, 0) is 4.74 Å². The summed E-state index contributed by atoms with van der Waals surface area (Å²) in [4.78, 5) is 26.1. The third-order valence-electron chi connectivity index (χ3n) is 6.44. The molecule has 0 spiro atoms. The lowest BCUT2D eigenvalue weighted by Gasteiger charge is -2.43. The quantitative estimate of drug-likeness (QED) is 0.242. The van der Waals surface area contributed by atoms with Gasteiger partial charge in [-0.1, -0.05) is 23.2 Å². The number of methoxy groups -OCH3 is 1. The molecule has 1 atom stereocenters. The molecule has 0 radical (unpaired) electrons. The summed E-state index contributed by atoms with van der Waals surface area (Å²) >= 11 is 12.7. The summed E-state index contributed by atoms with van der Waals surface area (Å²) in [6, 6.07) is 11.8. The normalized spacial score (nSPS) is 14.6. The van der Waals surface area contributed by atoms with Crippen LogP contribution in [0.1, 0.15) is 33.4 Å². The number of carbonyl (C=O) groups is 1. The summed E-state index contributed by atoms with van der Waals surface area (Å²) in [5.41, 5.74) is 2.72. The number of pyridine rings is 2. The number of benzene rings is 1. The minimum absolute atomic E-state index is 0.190. The van der Waals surface area contributed by atoms with Crippen LogP contribution >= 0.6 is 23.2 Å². The SMILES string of the molecule is COC1c2nc(NCCN(C)C)ccc2C=C(c2cc(NC(=O)c3cc(Cl)nc(NCCN(C)C)c3)ccc2Cl)N1[O-]. The predicted molar refractivity (Wildman–Crippen MR) is 170 cm³/mol. The molecule has 0 aliphatic carbocycles. The summed E-state index contributed by atoms with van der Waals surface area (Å²) in [5, 5.41) is 24.1. The van der Waals surface area contributed by atoms with E-state index in [-0.39, 0.29) is 10.9 Å². The van der Waals surface area contributed by atoms with Crippen LogP contribution in [0.15, 0.2) is 42.5 Å². The molecule has 13 heteroatoms. The zero-order valence-electron chi connectivity index (χ0n) is 24.2. The molecule has 1 aromatic carbocycles. The van der Waals surface area contributed by atoms with E-state index in [1.807, 2.05) is 45.2 Å². The molecule has 3 heterocycles. The summed E-state index contributed by atoms with van der Waals surface area (Å²) in [7, 11) is 9.38. The van der Waals surface area contributed by atoms with Crippen molar-refractivity contribution < 1.29 is 9.53 Å². The van der Waals surface area contributed by atoms with Gasteiger partial charge in [-0.3, -0.25) is 4.79 Å². The van der Waals surface area contributed by atoms with Crippen LogP contribution in [0.25, 0.3) is 11.8 Å². The molecule has 1 amide bonds. The van der Waals surface area contributed by atoms with Gasteiger partial charge in [0.25, 0.3) is 5.91 Å². The van der Waals surface area contributed by atoms with Crippen molar-refractivity contribution in [1.29, 1.82) is 0 Å². The minimum Gasteiger partial charge on any atom is -0.756 e. The van der Waals surface area contributed by atoms with Crippen LogP contribution in [0.3, 0.4) is 0 Å². The lowest BCUT2D eigenvalue weighted by atomic mass is 10.0. The van der Waals surface area contributed by atoms with Gasteiger partial charge >= 0.3 is 0 Å². The van der Waals surface area contributed by atoms with Gasteiger partial charge in [-0.2, -0.15) is 0 Å². The number of anilines is 3. The van der Waals surface area contributed by atoms with Crippen molar-refractivity contribution in [3.8, 4) is 0 Å². The predicted octanol–water partition coefficient (Wildman–Crippen LogP) is 4.94. The number of fused-ring (bicyclic) bond motifs is 1.